The number of carbonyl (C=O) groups is 1. The van der Waals surface area contributed by atoms with Crippen molar-refractivity contribution in [2.24, 2.45) is 4.99 Å². The zero-order valence-electron chi connectivity index (χ0n) is 13.5. The van der Waals surface area contributed by atoms with Crippen LogP contribution in [0.15, 0.2) is 17.3 Å². The van der Waals surface area contributed by atoms with Crippen molar-refractivity contribution < 1.29 is 27.6 Å². The Morgan fingerprint density at radius 1 is 1.23 bits per heavy atom. The fraction of sp³-hybridized carbons (Fsp3) is 0.714. The Kier molecular flexibility index (Phi) is 12.6. The van der Waals surface area contributed by atoms with Gasteiger partial charge in [0.25, 0.3) is 0 Å². The number of cyclic esters (lactones) is 1. The van der Waals surface area contributed by atoms with Gasteiger partial charge in [-0.25, -0.2) is 9.79 Å². The van der Waals surface area contributed by atoms with Gasteiger partial charge in [0.1, 0.15) is 0 Å². The summed E-state index contributed by atoms with van der Waals surface area (Å²) in [5.41, 5.74) is 0. The molecule has 0 saturated carbocycles. The van der Waals surface area contributed by atoms with Gasteiger partial charge in [-0.15, -0.1) is 0 Å². The molecule has 126 valence electrons. The highest BCUT2D eigenvalue weighted by molar-refractivity contribution is 6.60. The maximum atomic E-state index is 9.96. The standard InChI is InChI=1S/C10H21NO4Si.C4H4O2/c1-4-13-16(14-5-2,15-6-3)9-7-8-11-10-12;5-4-2-1-3-6-4/h4-9H2,1-3H3;1,3H,2H2. The number of hydrogen-bond donors (Lipinski definition) is 0. The number of esters is 1. The van der Waals surface area contributed by atoms with Crippen LogP contribution in [0, 0.1) is 0 Å². The van der Waals surface area contributed by atoms with E-state index in [2.05, 4.69) is 9.73 Å². The van der Waals surface area contributed by atoms with Gasteiger partial charge in [0.2, 0.25) is 6.08 Å². The normalized spacial score (nSPS) is 13.1. The molecule has 0 aromatic rings. The van der Waals surface area contributed by atoms with Crippen molar-refractivity contribution in [3.05, 3.63) is 12.3 Å². The molecule has 1 aliphatic rings. The summed E-state index contributed by atoms with van der Waals surface area (Å²) in [5.74, 6) is -0.157. The third-order valence-corrected chi connectivity index (χ3v) is 5.64. The Morgan fingerprint density at radius 2 is 1.82 bits per heavy atom. The molecule has 1 aliphatic heterocycles. The molecular formula is C14H25NO6Si. The number of carbonyl (C=O) groups excluding carboxylic acids is 2. The lowest BCUT2D eigenvalue weighted by Gasteiger charge is -2.28. The van der Waals surface area contributed by atoms with E-state index >= 15 is 0 Å². The van der Waals surface area contributed by atoms with Crippen LogP contribution in [-0.2, 0) is 27.6 Å². The van der Waals surface area contributed by atoms with E-state index in [1.54, 1.807) is 6.08 Å². The zero-order valence-corrected chi connectivity index (χ0v) is 14.5. The number of rotatable bonds is 10. The highest BCUT2D eigenvalue weighted by Gasteiger charge is 2.39. The third-order valence-electron chi connectivity index (χ3n) is 2.49. The first-order valence-electron chi connectivity index (χ1n) is 7.44. The van der Waals surface area contributed by atoms with Crippen molar-refractivity contribution in [1.29, 1.82) is 0 Å². The van der Waals surface area contributed by atoms with Crippen molar-refractivity contribution in [1.82, 2.24) is 0 Å². The van der Waals surface area contributed by atoms with Crippen LogP contribution in [0.4, 0.5) is 0 Å². The lowest BCUT2D eigenvalue weighted by molar-refractivity contribution is -0.135. The molecule has 0 atom stereocenters. The van der Waals surface area contributed by atoms with Crippen LogP contribution in [0.5, 0.6) is 0 Å². The summed E-state index contributed by atoms with van der Waals surface area (Å²) in [6.45, 7) is 7.93. The third kappa shape index (κ3) is 9.59. The zero-order chi connectivity index (χ0) is 16.7. The van der Waals surface area contributed by atoms with E-state index in [1.165, 1.54) is 12.3 Å². The van der Waals surface area contributed by atoms with Gasteiger partial charge in [-0.2, -0.15) is 0 Å². The molecule has 1 heterocycles. The number of nitrogens with zero attached hydrogens (tertiary/aromatic N) is 1. The lowest BCUT2D eigenvalue weighted by Crippen LogP contribution is -2.46. The maximum absolute atomic E-state index is 9.96. The Balaban J connectivity index is 0.000000604. The molecule has 0 saturated heterocycles. The molecule has 0 radical (unpaired) electrons. The predicted molar refractivity (Wildman–Crippen MR) is 82.9 cm³/mol. The molecular weight excluding hydrogens is 306 g/mol. The smallest absolute Gasteiger partial charge is 0.435 e. The van der Waals surface area contributed by atoms with Crippen molar-refractivity contribution in [3.8, 4) is 0 Å². The van der Waals surface area contributed by atoms with Gasteiger partial charge in [0.05, 0.1) is 19.2 Å². The summed E-state index contributed by atoms with van der Waals surface area (Å²) < 4.78 is 21.3. The van der Waals surface area contributed by atoms with Crippen LogP contribution in [0.2, 0.25) is 6.04 Å². The number of isocyanates is 1. The van der Waals surface area contributed by atoms with Crippen molar-refractivity contribution in [2.45, 2.75) is 39.7 Å². The first-order chi connectivity index (χ1) is 10.6. The van der Waals surface area contributed by atoms with E-state index in [0.717, 1.165) is 6.42 Å². The molecule has 0 aliphatic carbocycles. The summed E-state index contributed by atoms with van der Waals surface area (Å²) in [4.78, 5) is 23.4. The minimum atomic E-state index is -2.54. The minimum Gasteiger partial charge on any atom is -0.435 e. The molecule has 22 heavy (non-hydrogen) atoms. The van der Waals surface area contributed by atoms with Crippen LogP contribution in [0.3, 0.4) is 0 Å². The average molecular weight is 331 g/mol. The second-order valence-corrected chi connectivity index (χ2v) is 6.86. The van der Waals surface area contributed by atoms with Gasteiger partial charge >= 0.3 is 14.8 Å². The minimum absolute atomic E-state index is 0.157. The second kappa shape index (κ2) is 13.4. The first-order valence-corrected chi connectivity index (χ1v) is 9.37. The predicted octanol–water partition coefficient (Wildman–Crippen LogP) is 2.21. The molecule has 0 unspecified atom stereocenters. The van der Waals surface area contributed by atoms with Crippen LogP contribution in [0.25, 0.3) is 0 Å². The first kappa shape index (κ1) is 20.7. The Labute approximate surface area is 132 Å². The molecule has 0 aromatic carbocycles. The average Bonchev–Trinajstić information content (AvgIpc) is 2.96. The van der Waals surface area contributed by atoms with Crippen molar-refractivity contribution >= 4 is 20.9 Å². The van der Waals surface area contributed by atoms with Gasteiger partial charge in [0, 0.05) is 25.9 Å². The topological polar surface area (TPSA) is 83.4 Å². The van der Waals surface area contributed by atoms with Crippen LogP contribution >= 0.6 is 0 Å². The lowest BCUT2D eigenvalue weighted by atomic mass is 10.5. The summed E-state index contributed by atoms with van der Waals surface area (Å²) >= 11 is 0. The van der Waals surface area contributed by atoms with E-state index in [-0.39, 0.29) is 5.97 Å². The number of hydrogen-bond acceptors (Lipinski definition) is 7. The molecule has 0 fully saturated rings. The van der Waals surface area contributed by atoms with E-state index in [4.69, 9.17) is 13.3 Å². The van der Waals surface area contributed by atoms with Crippen molar-refractivity contribution in [2.75, 3.05) is 26.4 Å². The monoisotopic (exact) mass is 331 g/mol. The Hall–Kier alpha value is -1.31. The summed E-state index contributed by atoms with van der Waals surface area (Å²) in [7, 11) is -2.54. The molecule has 0 N–H and O–H groups in total. The number of ether oxygens (including phenoxy) is 1. The fourth-order valence-electron chi connectivity index (χ4n) is 1.74. The van der Waals surface area contributed by atoms with Crippen molar-refractivity contribution in [3.63, 3.8) is 0 Å². The highest BCUT2D eigenvalue weighted by atomic mass is 28.4. The van der Waals surface area contributed by atoms with E-state index in [1.807, 2.05) is 20.8 Å². The number of aliphatic imine (C=N–C) groups is 1. The Bertz CT molecular complexity index is 355. The fourth-order valence-corrected chi connectivity index (χ4v) is 4.33. The summed E-state index contributed by atoms with van der Waals surface area (Å²) in [6.07, 6.45) is 5.77. The highest BCUT2D eigenvalue weighted by Crippen LogP contribution is 2.18. The van der Waals surface area contributed by atoms with Gasteiger partial charge in [-0.05, 0) is 33.3 Å². The van der Waals surface area contributed by atoms with Gasteiger partial charge in [0.15, 0.2) is 0 Å². The maximum Gasteiger partial charge on any atom is 0.500 e. The molecule has 1 rings (SSSR count). The molecule has 0 amide bonds. The SMILES string of the molecule is CCO[Si](CCCN=C=O)(OCC)OCC.O=C1CC=CO1. The quantitative estimate of drug-likeness (QED) is 0.201. The van der Waals surface area contributed by atoms with Gasteiger partial charge < -0.3 is 18.0 Å². The molecule has 8 heteroatoms. The van der Waals surface area contributed by atoms with Crippen LogP contribution in [-0.4, -0.2) is 47.2 Å². The molecule has 0 aromatic heterocycles. The summed E-state index contributed by atoms with van der Waals surface area (Å²) in [6, 6.07) is 0.688. The molecule has 7 nitrogen and oxygen atoms in total. The molecule has 0 spiro atoms. The largest absolute Gasteiger partial charge is 0.500 e. The van der Waals surface area contributed by atoms with E-state index in [0.29, 0.717) is 38.8 Å². The molecule has 0 bridgehead atoms. The second-order valence-electron chi connectivity index (χ2n) is 4.12. The van der Waals surface area contributed by atoms with Gasteiger partial charge in [-0.3, -0.25) is 4.79 Å². The van der Waals surface area contributed by atoms with Gasteiger partial charge in [-0.1, -0.05) is 0 Å². The van der Waals surface area contributed by atoms with Crippen LogP contribution in [0.1, 0.15) is 33.6 Å². The summed E-state index contributed by atoms with van der Waals surface area (Å²) in [5, 5.41) is 0. The Morgan fingerprint density at radius 3 is 2.14 bits per heavy atom. The van der Waals surface area contributed by atoms with E-state index < -0.39 is 8.80 Å². The van der Waals surface area contributed by atoms with E-state index in [9.17, 15) is 9.59 Å². The van der Waals surface area contributed by atoms with Crippen LogP contribution < -0.4 is 0 Å².